The van der Waals surface area contributed by atoms with E-state index in [-0.39, 0.29) is 17.7 Å². The van der Waals surface area contributed by atoms with Crippen LogP contribution in [0.3, 0.4) is 0 Å². The molecule has 2 aromatic rings. The average molecular weight is 384 g/mol. The van der Waals surface area contributed by atoms with E-state index in [1.165, 1.54) is 4.31 Å². The number of nitrogens with zero attached hydrogens (tertiary/aromatic N) is 1. The average Bonchev–Trinajstić information content (AvgIpc) is 2.93. The van der Waals surface area contributed by atoms with Gasteiger partial charge in [0.05, 0.1) is 10.8 Å². The van der Waals surface area contributed by atoms with E-state index >= 15 is 0 Å². The number of hydrogen-bond donors (Lipinski definition) is 2. The number of amides is 1. The second-order valence-corrected chi connectivity index (χ2v) is 8.79. The van der Waals surface area contributed by atoms with E-state index in [9.17, 15) is 13.2 Å². The molecule has 1 aromatic carbocycles. The van der Waals surface area contributed by atoms with Crippen LogP contribution in [0.4, 0.5) is 0 Å². The number of halogens is 1. The highest BCUT2D eigenvalue weighted by atomic mass is 35.5. The molecule has 2 N–H and O–H groups in total. The maximum Gasteiger partial charge on any atom is 0.269 e. The molecule has 6 nitrogen and oxygen atoms in total. The zero-order chi connectivity index (χ0) is 18.0. The summed E-state index contributed by atoms with van der Waals surface area (Å²) in [5, 5.41) is 4.19. The summed E-state index contributed by atoms with van der Waals surface area (Å²) in [4.78, 5) is 15.6. The van der Waals surface area contributed by atoms with Crippen LogP contribution in [0.5, 0.6) is 0 Å². The van der Waals surface area contributed by atoms with Gasteiger partial charge in [0.1, 0.15) is 5.69 Å². The lowest BCUT2D eigenvalue weighted by Crippen LogP contribution is -2.47. The lowest BCUT2D eigenvalue weighted by molar-refractivity contribution is 0.0920. The summed E-state index contributed by atoms with van der Waals surface area (Å²) in [5.74, 6) is -0.0783. The SMILES string of the molecule is CCCS(=O)(=O)N1CCC(NC(=O)c2[nH]c3ccccc3c2Cl)CC1. The lowest BCUT2D eigenvalue weighted by Gasteiger charge is -2.31. The van der Waals surface area contributed by atoms with Crippen molar-refractivity contribution in [3.8, 4) is 0 Å². The van der Waals surface area contributed by atoms with Gasteiger partial charge in [0.25, 0.3) is 5.91 Å². The number of nitrogens with one attached hydrogen (secondary N) is 2. The Hall–Kier alpha value is -1.57. The highest BCUT2D eigenvalue weighted by Crippen LogP contribution is 2.27. The number of piperidine rings is 1. The Balaban J connectivity index is 1.64. The van der Waals surface area contributed by atoms with Crippen molar-refractivity contribution in [2.45, 2.75) is 32.2 Å². The fraction of sp³-hybridized carbons (Fsp3) is 0.471. The van der Waals surface area contributed by atoms with Crippen molar-refractivity contribution in [3.63, 3.8) is 0 Å². The molecular formula is C17H22ClN3O3S. The van der Waals surface area contributed by atoms with Crippen molar-refractivity contribution in [3.05, 3.63) is 35.0 Å². The zero-order valence-corrected chi connectivity index (χ0v) is 15.7. The van der Waals surface area contributed by atoms with E-state index in [0.29, 0.717) is 43.1 Å². The molecule has 8 heteroatoms. The normalized spacial score (nSPS) is 17.0. The molecule has 1 fully saturated rings. The number of benzene rings is 1. The standard InChI is InChI=1S/C17H22ClN3O3S/c1-2-11-25(23,24)21-9-7-12(8-10-21)19-17(22)16-15(18)13-5-3-4-6-14(13)20-16/h3-6,12,20H,2,7-11H2,1H3,(H,19,22). The highest BCUT2D eigenvalue weighted by molar-refractivity contribution is 7.89. The highest BCUT2D eigenvalue weighted by Gasteiger charge is 2.28. The summed E-state index contributed by atoms with van der Waals surface area (Å²) in [6.07, 6.45) is 1.82. The maximum absolute atomic E-state index is 12.5. The summed E-state index contributed by atoms with van der Waals surface area (Å²) in [5.41, 5.74) is 1.17. The smallest absolute Gasteiger partial charge is 0.269 e. The molecule has 0 unspecified atom stereocenters. The molecule has 1 saturated heterocycles. The molecule has 1 amide bonds. The van der Waals surface area contributed by atoms with Crippen molar-refractivity contribution >= 4 is 38.4 Å². The fourth-order valence-electron chi connectivity index (χ4n) is 3.19. The molecule has 0 bridgehead atoms. The predicted molar refractivity (Wildman–Crippen MR) is 99.4 cm³/mol. The number of carbonyl (C=O) groups excluding carboxylic acids is 1. The third-order valence-corrected chi connectivity index (χ3v) is 6.98. The lowest BCUT2D eigenvalue weighted by atomic mass is 10.1. The Kier molecular flexibility index (Phi) is 5.36. The zero-order valence-electron chi connectivity index (χ0n) is 14.1. The van der Waals surface area contributed by atoms with Gasteiger partial charge in [0.2, 0.25) is 10.0 Å². The number of aromatic nitrogens is 1. The number of para-hydroxylation sites is 1. The van der Waals surface area contributed by atoms with E-state index in [1.54, 1.807) is 0 Å². The largest absolute Gasteiger partial charge is 0.349 e. The van der Waals surface area contributed by atoms with Crippen molar-refractivity contribution < 1.29 is 13.2 Å². The van der Waals surface area contributed by atoms with Crippen molar-refractivity contribution in [1.29, 1.82) is 0 Å². The number of sulfonamides is 1. The Bertz CT molecular complexity index is 870. The molecule has 0 radical (unpaired) electrons. The Morgan fingerprint density at radius 1 is 1.32 bits per heavy atom. The molecule has 3 rings (SSSR count). The molecule has 1 aromatic heterocycles. The van der Waals surface area contributed by atoms with Crippen LogP contribution in [0.2, 0.25) is 5.02 Å². The van der Waals surface area contributed by atoms with Gasteiger partial charge in [-0.25, -0.2) is 12.7 Å². The summed E-state index contributed by atoms with van der Waals surface area (Å²) in [6, 6.07) is 7.43. The van der Waals surface area contributed by atoms with Crippen molar-refractivity contribution in [1.82, 2.24) is 14.6 Å². The minimum absolute atomic E-state index is 0.0527. The number of carbonyl (C=O) groups is 1. The van der Waals surface area contributed by atoms with E-state index in [0.717, 1.165) is 10.9 Å². The summed E-state index contributed by atoms with van der Waals surface area (Å²) in [6.45, 7) is 2.73. The van der Waals surface area contributed by atoms with Gasteiger partial charge in [0, 0.05) is 30.0 Å². The van der Waals surface area contributed by atoms with Gasteiger partial charge in [-0.3, -0.25) is 4.79 Å². The summed E-state index contributed by atoms with van der Waals surface area (Å²) < 4.78 is 25.7. The topological polar surface area (TPSA) is 82.3 Å². The Morgan fingerprint density at radius 2 is 2.00 bits per heavy atom. The second kappa shape index (κ2) is 7.35. The number of fused-ring (bicyclic) bond motifs is 1. The van der Waals surface area contributed by atoms with Crippen LogP contribution in [0.25, 0.3) is 10.9 Å². The van der Waals surface area contributed by atoms with Crippen molar-refractivity contribution in [2.24, 2.45) is 0 Å². The fourth-order valence-corrected chi connectivity index (χ4v) is 5.03. The molecule has 0 spiro atoms. The molecule has 2 heterocycles. The van der Waals surface area contributed by atoms with Crippen LogP contribution in [0.1, 0.15) is 36.7 Å². The first kappa shape index (κ1) is 18.2. The van der Waals surface area contributed by atoms with Crippen LogP contribution in [-0.2, 0) is 10.0 Å². The maximum atomic E-state index is 12.5. The monoisotopic (exact) mass is 383 g/mol. The van der Waals surface area contributed by atoms with Crippen molar-refractivity contribution in [2.75, 3.05) is 18.8 Å². The Morgan fingerprint density at radius 3 is 2.64 bits per heavy atom. The van der Waals surface area contributed by atoms with Crippen LogP contribution >= 0.6 is 11.6 Å². The summed E-state index contributed by atoms with van der Waals surface area (Å²) in [7, 11) is -3.17. The molecule has 0 atom stereocenters. The van der Waals surface area contributed by atoms with Gasteiger partial charge >= 0.3 is 0 Å². The van der Waals surface area contributed by atoms with Crippen LogP contribution in [0, 0.1) is 0 Å². The second-order valence-electron chi connectivity index (χ2n) is 6.32. The number of H-pyrrole nitrogens is 1. The molecule has 1 aliphatic rings. The van der Waals surface area contributed by atoms with Gasteiger partial charge in [-0.15, -0.1) is 0 Å². The van der Waals surface area contributed by atoms with Gasteiger partial charge in [-0.1, -0.05) is 36.7 Å². The first-order valence-corrected chi connectivity index (χ1v) is 10.5. The van der Waals surface area contributed by atoms with Crippen LogP contribution in [0.15, 0.2) is 24.3 Å². The molecule has 0 saturated carbocycles. The molecule has 136 valence electrons. The number of rotatable bonds is 5. The molecular weight excluding hydrogens is 362 g/mol. The van der Waals surface area contributed by atoms with Gasteiger partial charge < -0.3 is 10.3 Å². The minimum atomic E-state index is -3.17. The molecule has 0 aliphatic carbocycles. The minimum Gasteiger partial charge on any atom is -0.349 e. The first-order valence-electron chi connectivity index (χ1n) is 8.47. The van der Waals surface area contributed by atoms with E-state index in [1.807, 2.05) is 31.2 Å². The first-order chi connectivity index (χ1) is 11.9. The van der Waals surface area contributed by atoms with Gasteiger partial charge in [-0.05, 0) is 25.3 Å². The number of aromatic amines is 1. The molecule has 25 heavy (non-hydrogen) atoms. The van der Waals surface area contributed by atoms with Crippen LogP contribution in [-0.4, -0.2) is 48.5 Å². The van der Waals surface area contributed by atoms with Gasteiger partial charge in [-0.2, -0.15) is 0 Å². The van der Waals surface area contributed by atoms with Gasteiger partial charge in [0.15, 0.2) is 0 Å². The summed E-state index contributed by atoms with van der Waals surface area (Å²) >= 11 is 6.31. The number of hydrogen-bond acceptors (Lipinski definition) is 3. The Labute approximate surface area is 152 Å². The molecule has 1 aliphatic heterocycles. The predicted octanol–water partition coefficient (Wildman–Crippen LogP) is 2.76. The third kappa shape index (κ3) is 3.83. The third-order valence-electron chi connectivity index (χ3n) is 4.51. The quantitative estimate of drug-likeness (QED) is 0.832. The van der Waals surface area contributed by atoms with Crippen LogP contribution < -0.4 is 5.32 Å². The van der Waals surface area contributed by atoms with E-state index < -0.39 is 10.0 Å². The van der Waals surface area contributed by atoms with E-state index in [4.69, 9.17) is 11.6 Å². The van der Waals surface area contributed by atoms with E-state index in [2.05, 4.69) is 10.3 Å².